The number of rotatable bonds is 5. The zero-order valence-corrected chi connectivity index (χ0v) is 19.6. The first kappa shape index (κ1) is 22.4. The lowest BCUT2D eigenvalue weighted by molar-refractivity contribution is 0.0991. The van der Waals surface area contributed by atoms with Crippen molar-refractivity contribution in [3.63, 3.8) is 0 Å². The number of aryl methyl sites for hydroxylation is 2. The minimum absolute atomic E-state index is 0.134. The van der Waals surface area contributed by atoms with Crippen molar-refractivity contribution in [3.8, 4) is 6.07 Å². The molecule has 0 saturated heterocycles. The monoisotopic (exact) mass is 550 g/mol. The van der Waals surface area contributed by atoms with Crippen LogP contribution in [0.15, 0.2) is 42.8 Å². The maximum absolute atomic E-state index is 10.8. The number of nitrogens with two attached hydrogens (primary N) is 1. The molecule has 160 valence electrons. The molecule has 11 nitrogen and oxygen atoms in total. The van der Waals surface area contributed by atoms with Crippen molar-refractivity contribution in [1.29, 1.82) is 5.26 Å². The summed E-state index contributed by atoms with van der Waals surface area (Å²) in [6.07, 6.45) is 4.83. The third-order valence-electron chi connectivity index (χ3n) is 3.92. The number of nitrogens with zero attached hydrogens (tertiary/aromatic N) is 7. The van der Waals surface area contributed by atoms with Gasteiger partial charge in [-0.2, -0.15) is 15.5 Å². The Kier molecular flexibility index (Phi) is 7.03. The average molecular weight is 552 g/mol. The number of primary amides is 1. The highest BCUT2D eigenvalue weighted by atomic mass is 79.9. The van der Waals surface area contributed by atoms with Gasteiger partial charge in [-0.3, -0.25) is 14.2 Å². The van der Waals surface area contributed by atoms with Crippen molar-refractivity contribution >= 4 is 37.8 Å². The van der Waals surface area contributed by atoms with Gasteiger partial charge in [0, 0.05) is 62.6 Å². The molecule has 0 atom stereocenters. The topological polar surface area (TPSA) is 155 Å². The van der Waals surface area contributed by atoms with E-state index in [4.69, 9.17) is 20.0 Å². The second-order valence-electron chi connectivity index (χ2n) is 6.42. The van der Waals surface area contributed by atoms with Crippen LogP contribution >= 0.6 is 31.9 Å². The predicted octanol–water partition coefficient (Wildman–Crippen LogP) is 2.49. The van der Waals surface area contributed by atoms with Gasteiger partial charge < -0.3 is 14.8 Å². The van der Waals surface area contributed by atoms with Crippen LogP contribution in [-0.4, -0.2) is 35.8 Å². The first-order chi connectivity index (χ1) is 14.7. The minimum Gasteiger partial charge on any atom is -0.364 e. The Balaban J connectivity index is 0.000000176. The lowest BCUT2D eigenvalue weighted by atomic mass is 10.2. The molecular formula is C18H16Br2N8O3. The van der Waals surface area contributed by atoms with Gasteiger partial charge in [0.05, 0.1) is 0 Å². The van der Waals surface area contributed by atoms with Crippen LogP contribution in [0.5, 0.6) is 0 Å². The van der Waals surface area contributed by atoms with Crippen molar-refractivity contribution in [2.45, 2.75) is 12.8 Å². The Morgan fingerprint density at radius 3 is 1.94 bits per heavy atom. The number of nitriles is 1. The normalized spacial score (nSPS) is 10.4. The molecule has 0 aromatic carbocycles. The maximum Gasteiger partial charge on any atom is 0.270 e. The van der Waals surface area contributed by atoms with Crippen LogP contribution in [-0.2, 0) is 26.9 Å². The Morgan fingerprint density at radius 2 is 1.55 bits per heavy atom. The van der Waals surface area contributed by atoms with Crippen molar-refractivity contribution in [1.82, 2.24) is 29.9 Å². The molecule has 13 heteroatoms. The van der Waals surface area contributed by atoms with Gasteiger partial charge in [-0.25, -0.2) is 0 Å². The van der Waals surface area contributed by atoms with Crippen LogP contribution in [0.1, 0.15) is 38.8 Å². The summed E-state index contributed by atoms with van der Waals surface area (Å²) in [4.78, 5) is 10.8. The molecule has 4 rings (SSSR count). The molecule has 1 amide bonds. The van der Waals surface area contributed by atoms with Gasteiger partial charge >= 0.3 is 0 Å². The van der Waals surface area contributed by atoms with Crippen LogP contribution in [0.2, 0.25) is 0 Å². The average Bonchev–Trinajstić information content (AvgIpc) is 3.47. The smallest absolute Gasteiger partial charge is 0.270 e. The molecule has 0 radical (unpaired) electrons. The van der Waals surface area contributed by atoms with Crippen molar-refractivity contribution in [3.05, 3.63) is 67.8 Å². The first-order valence-electron chi connectivity index (χ1n) is 8.72. The van der Waals surface area contributed by atoms with Gasteiger partial charge in [0.25, 0.3) is 5.91 Å². The Labute approximate surface area is 193 Å². The van der Waals surface area contributed by atoms with E-state index >= 15 is 0 Å². The molecule has 0 saturated carbocycles. The summed E-state index contributed by atoms with van der Waals surface area (Å²) in [5.41, 5.74) is 7.45. The van der Waals surface area contributed by atoms with Crippen LogP contribution in [0, 0.1) is 11.3 Å². The lowest BCUT2D eigenvalue weighted by Gasteiger charge is -1.90. The van der Waals surface area contributed by atoms with E-state index in [-0.39, 0.29) is 5.69 Å². The van der Waals surface area contributed by atoms with E-state index in [1.54, 1.807) is 15.4 Å². The Morgan fingerprint density at radius 1 is 1.03 bits per heavy atom. The van der Waals surface area contributed by atoms with Crippen molar-refractivity contribution < 1.29 is 13.8 Å². The zero-order chi connectivity index (χ0) is 22.5. The van der Waals surface area contributed by atoms with Crippen LogP contribution in [0.25, 0.3) is 0 Å². The molecule has 0 aliphatic carbocycles. The number of halogens is 2. The lowest BCUT2D eigenvalue weighted by Crippen LogP contribution is -2.10. The standard InChI is InChI=1S/C9H9BrN4O2.C9H7BrN4O/c1-14-4-5(8(10)12-14)2-6-3-7(9(11)15)13-16-6;1-14-5-6(9(10)12-14)2-8-3-7(4-11)13-15-8/h3-4H,2H2,1H3,(H2,11,15);3,5H,2H2,1H3. The van der Waals surface area contributed by atoms with E-state index in [2.05, 4.69) is 52.4 Å². The molecule has 31 heavy (non-hydrogen) atoms. The summed E-state index contributed by atoms with van der Waals surface area (Å²) < 4.78 is 14.9. The zero-order valence-electron chi connectivity index (χ0n) is 16.4. The van der Waals surface area contributed by atoms with Gasteiger partial charge in [0.2, 0.25) is 0 Å². The molecule has 4 aromatic rings. The SMILES string of the molecule is Cn1cc(Cc2cc(C#N)no2)c(Br)n1.Cn1cc(Cc2cc(C(N)=O)no2)c(Br)n1. The largest absolute Gasteiger partial charge is 0.364 e. The van der Waals surface area contributed by atoms with E-state index in [0.29, 0.717) is 30.1 Å². The molecule has 0 unspecified atom stereocenters. The number of carbonyl (C=O) groups excluding carboxylic acids is 1. The van der Waals surface area contributed by atoms with Crippen LogP contribution in [0.4, 0.5) is 0 Å². The van der Waals surface area contributed by atoms with Gasteiger partial charge in [-0.15, -0.1) is 0 Å². The fraction of sp³-hybridized carbons (Fsp3) is 0.222. The van der Waals surface area contributed by atoms with E-state index in [1.807, 2.05) is 32.6 Å². The van der Waals surface area contributed by atoms with Gasteiger partial charge in [0.15, 0.2) is 11.4 Å². The molecule has 4 heterocycles. The highest BCUT2D eigenvalue weighted by molar-refractivity contribution is 9.10. The van der Waals surface area contributed by atoms with Gasteiger partial charge in [-0.1, -0.05) is 10.3 Å². The van der Waals surface area contributed by atoms with Gasteiger partial charge in [-0.05, 0) is 31.9 Å². The number of carbonyl (C=O) groups is 1. The molecule has 4 aromatic heterocycles. The molecule has 0 spiro atoms. The summed E-state index contributed by atoms with van der Waals surface area (Å²) in [7, 11) is 3.67. The molecule has 0 aliphatic rings. The summed E-state index contributed by atoms with van der Waals surface area (Å²) in [5, 5.41) is 24.0. The highest BCUT2D eigenvalue weighted by Crippen LogP contribution is 2.19. The Hall–Kier alpha value is -3.24. The molecule has 0 aliphatic heterocycles. The quantitative estimate of drug-likeness (QED) is 0.396. The second kappa shape index (κ2) is 9.71. The van der Waals surface area contributed by atoms with Crippen LogP contribution < -0.4 is 5.73 Å². The number of hydrogen-bond donors (Lipinski definition) is 1. The first-order valence-corrected chi connectivity index (χ1v) is 10.3. The number of hydrogen-bond acceptors (Lipinski definition) is 8. The maximum atomic E-state index is 10.8. The summed E-state index contributed by atoms with van der Waals surface area (Å²) in [5.74, 6) is 0.628. The molecule has 2 N–H and O–H groups in total. The Bertz CT molecular complexity index is 1250. The van der Waals surface area contributed by atoms with Crippen LogP contribution in [0.3, 0.4) is 0 Å². The summed E-state index contributed by atoms with van der Waals surface area (Å²) in [6.45, 7) is 0. The van der Waals surface area contributed by atoms with Gasteiger partial charge in [0.1, 0.15) is 26.8 Å². The van der Waals surface area contributed by atoms with Crippen molar-refractivity contribution in [2.24, 2.45) is 19.8 Å². The third-order valence-corrected chi connectivity index (χ3v) is 5.26. The third kappa shape index (κ3) is 5.89. The van der Waals surface area contributed by atoms with E-state index in [0.717, 1.165) is 20.3 Å². The summed E-state index contributed by atoms with van der Waals surface area (Å²) in [6, 6.07) is 5.07. The fourth-order valence-corrected chi connectivity index (χ4v) is 3.58. The molecule has 0 bridgehead atoms. The number of amides is 1. The van der Waals surface area contributed by atoms with E-state index < -0.39 is 5.91 Å². The fourth-order valence-electron chi connectivity index (χ4n) is 2.59. The second-order valence-corrected chi connectivity index (χ2v) is 7.93. The number of aromatic nitrogens is 6. The van der Waals surface area contributed by atoms with Crippen molar-refractivity contribution in [2.75, 3.05) is 0 Å². The van der Waals surface area contributed by atoms with E-state index in [1.165, 1.54) is 6.07 Å². The summed E-state index contributed by atoms with van der Waals surface area (Å²) >= 11 is 6.66. The predicted molar refractivity (Wildman–Crippen MR) is 114 cm³/mol. The molecular weight excluding hydrogens is 536 g/mol. The van der Waals surface area contributed by atoms with E-state index in [9.17, 15) is 4.79 Å². The highest BCUT2D eigenvalue weighted by Gasteiger charge is 2.12. The molecule has 0 fully saturated rings. The minimum atomic E-state index is -0.597.